The molecule has 17 nitrogen and oxygen atoms in total. The molecule has 0 aliphatic heterocycles. The topological polar surface area (TPSA) is 267 Å². The molecule has 0 rings (SSSR count). The number of rotatable bonds is 50. The Kier molecular flexibility index (Phi) is 43.9. The highest BCUT2D eigenvalue weighted by Crippen LogP contribution is 2.16. The van der Waals surface area contributed by atoms with E-state index in [1.165, 1.54) is 141 Å². The SMILES string of the molecule is CCCCCCCCCCCCCCCCCC(=O)OCC(COC(=O)NCCC(=O)NC(CCC(=O)O)C(=O)NC(CCC(=O)O)C(N)=O)OC(=O)CCCCCCCCCCCCCCCCC. The van der Waals surface area contributed by atoms with Crippen molar-refractivity contribution in [1.82, 2.24) is 16.0 Å². The van der Waals surface area contributed by atoms with Crippen LogP contribution in [0.5, 0.6) is 0 Å². The van der Waals surface area contributed by atoms with Gasteiger partial charge in [-0.05, 0) is 25.7 Å². The number of alkyl carbamates (subject to hydrolysis) is 1. The molecule has 0 fully saturated rings. The molecule has 3 unspecified atom stereocenters. The van der Waals surface area contributed by atoms with Crippen molar-refractivity contribution in [3.05, 3.63) is 0 Å². The molecule has 0 saturated carbocycles. The number of carbonyl (C=O) groups is 8. The van der Waals surface area contributed by atoms with Crippen LogP contribution in [-0.4, -0.2) is 95.9 Å². The van der Waals surface area contributed by atoms with E-state index in [-0.39, 0.29) is 45.3 Å². The molecule has 70 heavy (non-hydrogen) atoms. The summed E-state index contributed by atoms with van der Waals surface area (Å²) in [6, 6.07) is -2.78. The molecule has 0 spiro atoms. The van der Waals surface area contributed by atoms with Gasteiger partial charge in [0.2, 0.25) is 17.7 Å². The molecule has 4 amide bonds. The number of aliphatic carboxylic acids is 2. The molecule has 7 N–H and O–H groups in total. The van der Waals surface area contributed by atoms with Crippen molar-refractivity contribution in [1.29, 1.82) is 0 Å². The predicted octanol–water partition coefficient (Wildman–Crippen LogP) is 10.3. The number of amides is 4. The Labute approximate surface area is 420 Å². The Hall–Kier alpha value is -4.44. The van der Waals surface area contributed by atoms with Gasteiger partial charge in [0.15, 0.2) is 6.10 Å². The average molecular weight is 997 g/mol. The van der Waals surface area contributed by atoms with Crippen molar-refractivity contribution in [2.24, 2.45) is 5.73 Å². The molecule has 0 aromatic rings. The summed E-state index contributed by atoms with van der Waals surface area (Å²) in [4.78, 5) is 97.7. The molecule has 0 aromatic heterocycles. The van der Waals surface area contributed by atoms with Crippen LogP contribution in [-0.2, 0) is 47.8 Å². The number of hydrogen-bond donors (Lipinski definition) is 6. The Bertz CT molecular complexity index is 1410. The number of primary amides is 1. The summed E-state index contributed by atoms with van der Waals surface area (Å²) in [5, 5.41) is 25.1. The van der Waals surface area contributed by atoms with Crippen molar-refractivity contribution >= 4 is 47.7 Å². The number of nitrogens with one attached hydrogen (secondary N) is 3. The van der Waals surface area contributed by atoms with Crippen LogP contribution in [0.4, 0.5) is 4.79 Å². The van der Waals surface area contributed by atoms with Crippen LogP contribution in [0.25, 0.3) is 0 Å². The number of ether oxygens (including phenoxy) is 3. The lowest BCUT2D eigenvalue weighted by Crippen LogP contribution is -2.53. The fourth-order valence-electron chi connectivity index (χ4n) is 8.03. The zero-order valence-electron chi connectivity index (χ0n) is 43.5. The molecule has 406 valence electrons. The minimum atomic E-state index is -1.41. The van der Waals surface area contributed by atoms with E-state index in [1.54, 1.807) is 0 Å². The molecular formula is C53H96N4O13. The minimum absolute atomic E-state index is 0.167. The van der Waals surface area contributed by atoms with E-state index >= 15 is 0 Å². The smallest absolute Gasteiger partial charge is 0.407 e. The standard InChI is InChI=1S/C53H96N4O13/c1-3-5-7-9-11-13-15-17-19-21-23-25-27-29-31-33-49(63)68-41-43(70-50(64)34-32-30-28-26-24-22-20-18-16-14-12-10-8-6-4-2)42-69-53(67)55-40-39-46(58)56-45(36-38-48(61)62)52(66)57-44(51(54)65)35-37-47(59)60/h43-45H,3-42H2,1-2H3,(H2,54,65)(H,55,67)(H,56,58)(H,57,66)(H,59,60)(H,61,62). The van der Waals surface area contributed by atoms with Gasteiger partial charge in [-0.3, -0.25) is 33.6 Å². The van der Waals surface area contributed by atoms with Gasteiger partial charge in [-0.25, -0.2) is 4.79 Å². The van der Waals surface area contributed by atoms with Gasteiger partial charge in [0, 0.05) is 38.6 Å². The number of unbranched alkanes of at least 4 members (excludes halogenated alkanes) is 28. The van der Waals surface area contributed by atoms with Crippen LogP contribution in [0.15, 0.2) is 0 Å². The first-order valence-corrected chi connectivity index (χ1v) is 27.4. The lowest BCUT2D eigenvalue weighted by Gasteiger charge is -2.21. The highest BCUT2D eigenvalue weighted by molar-refractivity contribution is 5.92. The van der Waals surface area contributed by atoms with E-state index in [1.807, 2.05) is 0 Å². The number of carboxylic acids is 2. The van der Waals surface area contributed by atoms with E-state index in [2.05, 4.69) is 29.8 Å². The molecular weight excluding hydrogens is 901 g/mol. The average Bonchev–Trinajstić information content (AvgIpc) is 3.32. The number of carbonyl (C=O) groups excluding carboxylic acids is 6. The molecule has 3 atom stereocenters. The van der Waals surface area contributed by atoms with Gasteiger partial charge in [-0.2, -0.15) is 0 Å². The number of carboxylic acid groups (broad SMARTS) is 2. The van der Waals surface area contributed by atoms with Crippen LogP contribution >= 0.6 is 0 Å². The molecule has 0 bridgehead atoms. The highest BCUT2D eigenvalue weighted by Gasteiger charge is 2.27. The van der Waals surface area contributed by atoms with Crippen molar-refractivity contribution in [2.75, 3.05) is 19.8 Å². The largest absolute Gasteiger partial charge is 0.481 e. The number of nitrogens with two attached hydrogens (primary N) is 1. The third-order valence-corrected chi connectivity index (χ3v) is 12.3. The minimum Gasteiger partial charge on any atom is -0.481 e. The number of hydrogen-bond acceptors (Lipinski definition) is 11. The Morgan fingerprint density at radius 1 is 0.443 bits per heavy atom. The van der Waals surface area contributed by atoms with Crippen LogP contribution in [0.1, 0.15) is 251 Å². The van der Waals surface area contributed by atoms with E-state index in [0.717, 1.165) is 38.5 Å². The summed E-state index contributed by atoms with van der Waals surface area (Å²) in [6.07, 6.45) is 32.4. The first-order chi connectivity index (χ1) is 33.8. The highest BCUT2D eigenvalue weighted by atomic mass is 16.6. The maximum atomic E-state index is 12.9. The first kappa shape index (κ1) is 65.6. The fraction of sp³-hybridized carbons (Fsp3) is 0.849. The van der Waals surface area contributed by atoms with Gasteiger partial charge in [0.05, 0.1) is 0 Å². The molecule has 0 aromatic carbocycles. The van der Waals surface area contributed by atoms with Crippen molar-refractivity contribution in [3.8, 4) is 0 Å². The third kappa shape index (κ3) is 43.6. The normalized spacial score (nSPS) is 12.3. The van der Waals surface area contributed by atoms with E-state index in [4.69, 9.17) is 30.2 Å². The van der Waals surface area contributed by atoms with Gasteiger partial charge in [-0.15, -0.1) is 0 Å². The van der Waals surface area contributed by atoms with E-state index < -0.39 is 85.3 Å². The summed E-state index contributed by atoms with van der Waals surface area (Å²) < 4.78 is 16.3. The van der Waals surface area contributed by atoms with E-state index in [0.29, 0.717) is 12.8 Å². The van der Waals surface area contributed by atoms with Crippen molar-refractivity contribution in [2.45, 2.75) is 270 Å². The molecule has 0 aliphatic carbocycles. The predicted molar refractivity (Wildman–Crippen MR) is 271 cm³/mol. The lowest BCUT2D eigenvalue weighted by atomic mass is 10.0. The first-order valence-electron chi connectivity index (χ1n) is 27.4. The van der Waals surface area contributed by atoms with Crippen LogP contribution in [0, 0.1) is 0 Å². The van der Waals surface area contributed by atoms with Crippen LogP contribution < -0.4 is 21.7 Å². The molecule has 0 aliphatic rings. The van der Waals surface area contributed by atoms with Gasteiger partial charge in [0.25, 0.3) is 0 Å². The lowest BCUT2D eigenvalue weighted by molar-refractivity contribution is -0.161. The molecule has 0 radical (unpaired) electrons. The third-order valence-electron chi connectivity index (χ3n) is 12.3. The van der Waals surface area contributed by atoms with Gasteiger partial charge >= 0.3 is 30.0 Å². The Balaban J connectivity index is 4.90. The van der Waals surface area contributed by atoms with Crippen molar-refractivity contribution < 1.29 is 62.8 Å². The number of esters is 2. The van der Waals surface area contributed by atoms with Gasteiger partial charge in [-0.1, -0.05) is 194 Å². The van der Waals surface area contributed by atoms with E-state index in [9.17, 15) is 38.4 Å². The Morgan fingerprint density at radius 2 is 0.814 bits per heavy atom. The maximum absolute atomic E-state index is 12.9. The summed E-state index contributed by atoms with van der Waals surface area (Å²) in [6.45, 7) is 3.49. The van der Waals surface area contributed by atoms with Gasteiger partial charge < -0.3 is 46.1 Å². The summed E-state index contributed by atoms with van der Waals surface area (Å²) in [5.41, 5.74) is 5.28. The zero-order valence-corrected chi connectivity index (χ0v) is 43.5. The van der Waals surface area contributed by atoms with Gasteiger partial charge in [0.1, 0.15) is 25.3 Å². The molecule has 0 saturated heterocycles. The zero-order chi connectivity index (χ0) is 51.9. The monoisotopic (exact) mass is 997 g/mol. The summed E-state index contributed by atoms with van der Waals surface area (Å²) >= 11 is 0. The fourth-order valence-corrected chi connectivity index (χ4v) is 8.03. The second-order valence-electron chi connectivity index (χ2n) is 18.9. The quantitative estimate of drug-likeness (QED) is 0.0188. The van der Waals surface area contributed by atoms with Crippen LogP contribution in [0.3, 0.4) is 0 Å². The van der Waals surface area contributed by atoms with Crippen molar-refractivity contribution in [3.63, 3.8) is 0 Å². The summed E-state index contributed by atoms with van der Waals surface area (Å²) in [5.74, 6) is -6.11. The second-order valence-corrected chi connectivity index (χ2v) is 18.9. The molecule has 17 heteroatoms. The molecule has 0 heterocycles. The Morgan fingerprint density at radius 3 is 1.21 bits per heavy atom. The maximum Gasteiger partial charge on any atom is 0.407 e. The van der Waals surface area contributed by atoms with Crippen LogP contribution in [0.2, 0.25) is 0 Å². The summed E-state index contributed by atoms with van der Waals surface area (Å²) in [7, 11) is 0. The second kappa shape index (κ2) is 46.9.